The maximum absolute atomic E-state index is 2.52. The van der Waals surface area contributed by atoms with Crippen LogP contribution in [0.2, 0.25) is 0 Å². The maximum Gasteiger partial charge on any atom is -0.0238 e. The first-order valence-electron chi connectivity index (χ1n) is 13.8. The fourth-order valence-corrected chi connectivity index (χ4v) is 10.2. The summed E-state index contributed by atoms with van der Waals surface area (Å²) in [6, 6.07) is 30.3. The maximum atomic E-state index is 2.52. The third-order valence-corrected chi connectivity index (χ3v) is 12.1. The SMILES string of the molecule is CCCCC1=CC[C]([Ti][CH]2C(P(C)C)=Cc3ccccc32)=C1C.c1ccc(CCc2ccccc2)cc1. The standard InChI is InChI=1S/C14H14.C11H12P.C10H15.Ti/c1-3-7-13(8-4-1)11-12-14-9-5-2-6-10-14;1-12(2)11-7-9-5-3-4-6-10(9)8-11;1-3-4-7-10-8-5-6-9(10)2;/h1-10H,11-12H2;3-8H,1-2H3;8H,3-5,7H2,1-2H3;. The van der Waals surface area contributed by atoms with Gasteiger partial charge in [-0.3, -0.25) is 0 Å². The summed E-state index contributed by atoms with van der Waals surface area (Å²) in [7, 11) is 0.0106. The molecule has 3 aromatic rings. The molecule has 1 unspecified atom stereocenters. The summed E-state index contributed by atoms with van der Waals surface area (Å²) in [5.41, 5.74) is 9.23. The molecule has 0 fully saturated rings. The smallest absolute Gasteiger partial charge is 0.0238 e. The van der Waals surface area contributed by atoms with Gasteiger partial charge in [0.05, 0.1) is 0 Å². The van der Waals surface area contributed by atoms with Crippen molar-refractivity contribution in [3.63, 3.8) is 0 Å². The molecule has 2 aliphatic carbocycles. The van der Waals surface area contributed by atoms with Gasteiger partial charge in [-0.2, -0.15) is 0 Å². The number of aryl methyl sites for hydroxylation is 2. The largest absolute Gasteiger partial charge is 0.0622 e. The number of allylic oxidation sites excluding steroid dienone is 5. The van der Waals surface area contributed by atoms with Crippen molar-refractivity contribution in [2.45, 2.75) is 56.6 Å². The Kier molecular flexibility index (Phi) is 10.8. The van der Waals surface area contributed by atoms with Crippen LogP contribution in [0.5, 0.6) is 0 Å². The first-order valence-corrected chi connectivity index (χ1v) is 17.7. The van der Waals surface area contributed by atoms with Gasteiger partial charge in [-0.25, -0.2) is 0 Å². The fourth-order valence-electron chi connectivity index (χ4n) is 5.15. The molecule has 0 bridgehead atoms. The third-order valence-electron chi connectivity index (χ3n) is 7.42. The Labute approximate surface area is 235 Å². The molecular weight excluding hydrogens is 499 g/mol. The normalized spacial score (nSPS) is 16.2. The Hall–Kier alpha value is -1.98. The zero-order valence-corrected chi connectivity index (χ0v) is 25.5. The molecule has 5 rings (SSSR count). The summed E-state index contributed by atoms with van der Waals surface area (Å²) in [5, 5.41) is 1.74. The van der Waals surface area contributed by atoms with Gasteiger partial charge >= 0.3 is 152 Å². The van der Waals surface area contributed by atoms with Crippen LogP contribution in [-0.4, -0.2) is 13.3 Å². The molecule has 1 atom stereocenters. The molecule has 0 N–H and O–H groups in total. The molecule has 2 heteroatoms. The Bertz CT molecular complexity index is 1200. The molecule has 0 saturated heterocycles. The molecule has 0 aliphatic heterocycles. The zero-order chi connectivity index (χ0) is 26.0. The Morgan fingerprint density at radius 3 is 1.97 bits per heavy atom. The minimum Gasteiger partial charge on any atom is -0.0622 e. The van der Waals surface area contributed by atoms with Gasteiger partial charge in [-0.1, -0.05) is 60.7 Å². The van der Waals surface area contributed by atoms with Crippen LogP contribution in [0.25, 0.3) is 6.08 Å². The van der Waals surface area contributed by atoms with E-state index in [0.717, 1.165) is 17.1 Å². The molecule has 0 amide bonds. The molecule has 3 aromatic carbocycles. The van der Waals surface area contributed by atoms with Crippen molar-refractivity contribution in [2.75, 3.05) is 13.3 Å². The van der Waals surface area contributed by atoms with E-state index in [9.17, 15) is 0 Å². The predicted molar refractivity (Wildman–Crippen MR) is 161 cm³/mol. The van der Waals surface area contributed by atoms with E-state index in [1.54, 1.807) is 25.9 Å². The van der Waals surface area contributed by atoms with Crippen molar-refractivity contribution in [2.24, 2.45) is 0 Å². The minimum atomic E-state index is -0.113. The van der Waals surface area contributed by atoms with Crippen molar-refractivity contribution < 1.29 is 19.2 Å². The zero-order valence-electron chi connectivity index (χ0n) is 23.0. The van der Waals surface area contributed by atoms with Gasteiger partial charge in [0.1, 0.15) is 0 Å². The van der Waals surface area contributed by atoms with Crippen molar-refractivity contribution in [1.82, 2.24) is 0 Å². The minimum absolute atomic E-state index is 0.0106. The summed E-state index contributed by atoms with van der Waals surface area (Å²) < 4.78 is 2.55. The fraction of sp³-hybridized carbons (Fsp3) is 0.314. The van der Waals surface area contributed by atoms with Crippen LogP contribution >= 0.6 is 7.92 Å². The summed E-state index contributed by atoms with van der Waals surface area (Å²) in [4.78, 5) is 0. The molecule has 37 heavy (non-hydrogen) atoms. The van der Waals surface area contributed by atoms with Gasteiger partial charge in [0.2, 0.25) is 0 Å². The molecule has 0 spiro atoms. The van der Waals surface area contributed by atoms with E-state index >= 15 is 0 Å². The van der Waals surface area contributed by atoms with Gasteiger partial charge in [-0.05, 0) is 24.0 Å². The van der Waals surface area contributed by atoms with Crippen molar-refractivity contribution in [3.8, 4) is 0 Å². The van der Waals surface area contributed by atoms with Crippen molar-refractivity contribution >= 4 is 14.0 Å². The van der Waals surface area contributed by atoms with E-state index in [2.05, 4.69) is 124 Å². The average molecular weight is 541 g/mol. The van der Waals surface area contributed by atoms with Gasteiger partial charge in [0, 0.05) is 0 Å². The summed E-state index contributed by atoms with van der Waals surface area (Å²) >= 11 is -0.113. The average Bonchev–Trinajstić information content (AvgIpc) is 3.48. The molecular formula is C35H41PTi. The van der Waals surface area contributed by atoms with Gasteiger partial charge in [0.25, 0.3) is 0 Å². The van der Waals surface area contributed by atoms with Gasteiger partial charge in [-0.15, -0.1) is 0 Å². The second-order valence-electron chi connectivity index (χ2n) is 10.3. The monoisotopic (exact) mass is 540 g/mol. The first-order chi connectivity index (χ1) is 18.1. The number of fused-ring (bicyclic) bond motifs is 1. The van der Waals surface area contributed by atoms with Crippen molar-refractivity contribution in [3.05, 3.63) is 134 Å². The van der Waals surface area contributed by atoms with Crippen LogP contribution in [0, 0.1) is 0 Å². The van der Waals surface area contributed by atoms with Gasteiger partial charge in [0.15, 0.2) is 0 Å². The predicted octanol–water partition coefficient (Wildman–Crippen LogP) is 10.2. The number of benzene rings is 3. The van der Waals surface area contributed by atoms with Crippen LogP contribution in [0.1, 0.15) is 66.0 Å². The van der Waals surface area contributed by atoms with Crippen molar-refractivity contribution in [1.29, 1.82) is 0 Å². The molecule has 0 radical (unpaired) electrons. The third kappa shape index (κ3) is 7.77. The van der Waals surface area contributed by atoms with Crippen LogP contribution in [0.15, 0.2) is 111 Å². The Morgan fingerprint density at radius 2 is 1.38 bits per heavy atom. The van der Waals surface area contributed by atoms with E-state index < -0.39 is 0 Å². The summed E-state index contributed by atoms with van der Waals surface area (Å²) in [6.07, 6.45) is 12.5. The topological polar surface area (TPSA) is 0 Å². The van der Waals surface area contributed by atoms with Crippen LogP contribution in [0.3, 0.4) is 0 Å². The van der Waals surface area contributed by atoms with E-state index in [1.165, 1.54) is 42.4 Å². The number of hydrogen-bond acceptors (Lipinski definition) is 0. The second kappa shape index (κ2) is 14.3. The number of rotatable bonds is 9. The number of hydrogen-bond donors (Lipinski definition) is 0. The molecule has 0 saturated carbocycles. The number of unbranched alkanes of at least 4 members (excludes halogenated alkanes) is 1. The van der Waals surface area contributed by atoms with Gasteiger partial charge < -0.3 is 0 Å². The molecule has 190 valence electrons. The van der Waals surface area contributed by atoms with Crippen LogP contribution < -0.4 is 0 Å². The van der Waals surface area contributed by atoms with E-state index in [1.807, 2.05) is 0 Å². The second-order valence-corrected chi connectivity index (χ2v) is 14.9. The van der Waals surface area contributed by atoms with Crippen LogP contribution in [0.4, 0.5) is 0 Å². The Morgan fingerprint density at radius 1 is 0.784 bits per heavy atom. The summed E-state index contributed by atoms with van der Waals surface area (Å²) in [6.45, 7) is 9.53. The van der Waals surface area contributed by atoms with E-state index in [4.69, 9.17) is 0 Å². The molecule has 2 aliphatic rings. The van der Waals surface area contributed by atoms with E-state index in [0.29, 0.717) is 0 Å². The van der Waals surface area contributed by atoms with Crippen LogP contribution in [-0.2, 0) is 32.0 Å². The summed E-state index contributed by atoms with van der Waals surface area (Å²) in [5.74, 6) is 0. The molecule has 0 nitrogen and oxygen atoms in total. The molecule has 0 heterocycles. The quantitative estimate of drug-likeness (QED) is 0.187. The molecule has 0 aromatic heterocycles. The van der Waals surface area contributed by atoms with E-state index in [-0.39, 0.29) is 27.1 Å². The Balaban J connectivity index is 0.000000195. The first kappa shape index (κ1) is 28.0.